The van der Waals surface area contributed by atoms with E-state index < -0.39 is 0 Å². The van der Waals surface area contributed by atoms with E-state index in [2.05, 4.69) is 19.2 Å². The Balaban J connectivity index is 2.49. The molecule has 0 heterocycles. The average Bonchev–Trinajstić information content (AvgIpc) is 2.34. The van der Waals surface area contributed by atoms with Crippen molar-refractivity contribution in [1.82, 2.24) is 5.32 Å². The monoisotopic (exact) mass is 193 g/mol. The van der Waals surface area contributed by atoms with Crippen LogP contribution in [0.3, 0.4) is 0 Å². The van der Waals surface area contributed by atoms with Crippen molar-refractivity contribution < 1.29 is 4.39 Å². The first-order valence-corrected chi connectivity index (χ1v) is 5.00. The zero-order valence-electron chi connectivity index (χ0n) is 8.89. The Morgan fingerprint density at radius 1 is 1.43 bits per heavy atom. The van der Waals surface area contributed by atoms with Gasteiger partial charge in [-0.1, -0.05) is 19.9 Å². The Kier molecular flexibility index (Phi) is 2.11. The van der Waals surface area contributed by atoms with Gasteiger partial charge in [0.05, 0.1) is 0 Å². The molecule has 0 saturated carbocycles. The molecule has 1 aliphatic carbocycles. The van der Waals surface area contributed by atoms with Crippen LogP contribution in [0.1, 0.15) is 31.0 Å². The van der Waals surface area contributed by atoms with E-state index in [-0.39, 0.29) is 17.3 Å². The molecule has 76 valence electrons. The highest BCUT2D eigenvalue weighted by molar-refractivity contribution is 5.37. The van der Waals surface area contributed by atoms with E-state index in [1.807, 2.05) is 13.1 Å². The highest BCUT2D eigenvalue weighted by Crippen LogP contribution is 2.44. The summed E-state index contributed by atoms with van der Waals surface area (Å²) in [4.78, 5) is 0. The maximum absolute atomic E-state index is 13.1. The molecule has 1 N–H and O–H groups in total. The second-order valence-electron chi connectivity index (χ2n) is 4.73. The Morgan fingerprint density at radius 2 is 2.14 bits per heavy atom. The van der Waals surface area contributed by atoms with Crippen molar-refractivity contribution in [3.63, 3.8) is 0 Å². The van der Waals surface area contributed by atoms with Crippen molar-refractivity contribution in [2.24, 2.45) is 5.41 Å². The van der Waals surface area contributed by atoms with Crippen LogP contribution in [0.15, 0.2) is 18.2 Å². The standard InChI is InChI=1S/C12H16FN/c1-12(2)7-8-4-5-9(13)6-10(8)11(12)14-3/h4-6,11,14H,7H2,1-3H3. The van der Waals surface area contributed by atoms with Crippen LogP contribution in [0.25, 0.3) is 0 Å². The van der Waals surface area contributed by atoms with E-state index in [1.165, 1.54) is 5.56 Å². The number of hydrogen-bond acceptors (Lipinski definition) is 1. The van der Waals surface area contributed by atoms with Crippen LogP contribution in [-0.4, -0.2) is 7.05 Å². The molecule has 0 fully saturated rings. The van der Waals surface area contributed by atoms with Crippen molar-refractivity contribution >= 4 is 0 Å². The second-order valence-corrected chi connectivity index (χ2v) is 4.73. The number of benzene rings is 1. The smallest absolute Gasteiger partial charge is 0.123 e. The first-order chi connectivity index (χ1) is 6.54. The Hall–Kier alpha value is -0.890. The third-order valence-corrected chi connectivity index (χ3v) is 3.14. The summed E-state index contributed by atoms with van der Waals surface area (Å²) in [6, 6.07) is 5.38. The van der Waals surface area contributed by atoms with Crippen molar-refractivity contribution in [1.29, 1.82) is 0 Å². The van der Waals surface area contributed by atoms with Gasteiger partial charge in [-0.05, 0) is 42.1 Å². The van der Waals surface area contributed by atoms with Gasteiger partial charge >= 0.3 is 0 Å². The van der Waals surface area contributed by atoms with Crippen LogP contribution in [0.5, 0.6) is 0 Å². The maximum Gasteiger partial charge on any atom is 0.123 e. The first-order valence-electron chi connectivity index (χ1n) is 5.00. The third-order valence-electron chi connectivity index (χ3n) is 3.14. The van der Waals surface area contributed by atoms with Crippen LogP contribution >= 0.6 is 0 Å². The van der Waals surface area contributed by atoms with E-state index in [4.69, 9.17) is 0 Å². The molecule has 2 heteroatoms. The van der Waals surface area contributed by atoms with Crippen LogP contribution < -0.4 is 5.32 Å². The first kappa shape index (κ1) is 9.66. The topological polar surface area (TPSA) is 12.0 Å². The molecule has 0 amide bonds. The van der Waals surface area contributed by atoms with Gasteiger partial charge in [0.25, 0.3) is 0 Å². The van der Waals surface area contributed by atoms with E-state index in [0.29, 0.717) is 0 Å². The van der Waals surface area contributed by atoms with Crippen molar-refractivity contribution in [2.75, 3.05) is 7.05 Å². The summed E-state index contributed by atoms with van der Waals surface area (Å²) in [7, 11) is 1.94. The van der Waals surface area contributed by atoms with Gasteiger partial charge < -0.3 is 5.32 Å². The minimum absolute atomic E-state index is 0.137. The molecule has 0 bridgehead atoms. The van der Waals surface area contributed by atoms with Crippen LogP contribution in [0.2, 0.25) is 0 Å². The summed E-state index contributed by atoms with van der Waals surface area (Å²) >= 11 is 0. The SMILES string of the molecule is CNC1c2cc(F)ccc2CC1(C)C. The fraction of sp³-hybridized carbons (Fsp3) is 0.500. The minimum Gasteiger partial charge on any atom is -0.313 e. The van der Waals surface area contributed by atoms with Gasteiger partial charge in [0, 0.05) is 6.04 Å². The van der Waals surface area contributed by atoms with Gasteiger partial charge in [0.15, 0.2) is 0 Å². The highest BCUT2D eigenvalue weighted by atomic mass is 19.1. The molecule has 0 saturated heterocycles. The molecule has 2 rings (SSSR count). The summed E-state index contributed by atoms with van der Waals surface area (Å²) in [6.07, 6.45) is 1.02. The van der Waals surface area contributed by atoms with Crippen molar-refractivity contribution in [3.05, 3.63) is 35.1 Å². The second kappa shape index (κ2) is 3.06. The molecule has 0 aliphatic heterocycles. The molecule has 1 aromatic carbocycles. The molecule has 1 nitrogen and oxygen atoms in total. The zero-order chi connectivity index (χ0) is 10.3. The number of hydrogen-bond donors (Lipinski definition) is 1. The lowest BCUT2D eigenvalue weighted by Crippen LogP contribution is -2.28. The van der Waals surface area contributed by atoms with Gasteiger partial charge in [0.2, 0.25) is 0 Å². The normalized spacial score (nSPS) is 23.6. The lowest BCUT2D eigenvalue weighted by molar-refractivity contribution is 0.282. The largest absolute Gasteiger partial charge is 0.313 e. The summed E-state index contributed by atoms with van der Waals surface area (Å²) in [5.41, 5.74) is 2.58. The summed E-state index contributed by atoms with van der Waals surface area (Å²) in [5.74, 6) is -0.137. The molecule has 0 spiro atoms. The van der Waals surface area contributed by atoms with Gasteiger partial charge in [-0.15, -0.1) is 0 Å². The number of fused-ring (bicyclic) bond motifs is 1. The Labute approximate surface area is 84.3 Å². The molecule has 0 aromatic heterocycles. The Morgan fingerprint density at radius 3 is 2.79 bits per heavy atom. The van der Waals surface area contributed by atoms with E-state index >= 15 is 0 Å². The van der Waals surface area contributed by atoms with Gasteiger partial charge in [-0.2, -0.15) is 0 Å². The Bertz CT molecular complexity index is 357. The lowest BCUT2D eigenvalue weighted by Gasteiger charge is -2.27. The summed E-state index contributed by atoms with van der Waals surface area (Å²) < 4.78 is 13.1. The maximum atomic E-state index is 13.1. The molecule has 1 aromatic rings. The lowest BCUT2D eigenvalue weighted by atomic mass is 9.85. The third kappa shape index (κ3) is 1.34. The fourth-order valence-electron chi connectivity index (χ4n) is 2.56. The summed E-state index contributed by atoms with van der Waals surface area (Å²) in [5, 5.41) is 3.27. The molecule has 1 atom stereocenters. The van der Waals surface area contributed by atoms with Crippen molar-refractivity contribution in [2.45, 2.75) is 26.3 Å². The molecule has 1 aliphatic rings. The van der Waals surface area contributed by atoms with E-state index in [9.17, 15) is 4.39 Å². The van der Waals surface area contributed by atoms with Gasteiger partial charge in [0.1, 0.15) is 5.82 Å². The molecule has 0 radical (unpaired) electrons. The number of rotatable bonds is 1. The van der Waals surface area contributed by atoms with Gasteiger partial charge in [-0.25, -0.2) is 4.39 Å². The minimum atomic E-state index is -0.137. The number of halogens is 1. The average molecular weight is 193 g/mol. The quantitative estimate of drug-likeness (QED) is 0.723. The van der Waals surface area contributed by atoms with E-state index in [1.54, 1.807) is 12.1 Å². The predicted octanol–water partition coefficient (Wildman–Crippen LogP) is 2.67. The molecule has 1 unspecified atom stereocenters. The van der Waals surface area contributed by atoms with Crippen LogP contribution in [0, 0.1) is 11.2 Å². The molecular weight excluding hydrogens is 177 g/mol. The number of nitrogens with one attached hydrogen (secondary N) is 1. The predicted molar refractivity (Wildman–Crippen MR) is 55.7 cm³/mol. The fourth-order valence-corrected chi connectivity index (χ4v) is 2.56. The van der Waals surface area contributed by atoms with Crippen LogP contribution in [0.4, 0.5) is 4.39 Å². The van der Waals surface area contributed by atoms with Crippen molar-refractivity contribution in [3.8, 4) is 0 Å². The summed E-state index contributed by atoms with van der Waals surface area (Å²) in [6.45, 7) is 4.43. The zero-order valence-corrected chi connectivity index (χ0v) is 8.89. The van der Waals surface area contributed by atoms with E-state index in [0.717, 1.165) is 12.0 Å². The highest BCUT2D eigenvalue weighted by Gasteiger charge is 2.37. The molecular formula is C12H16FN. The van der Waals surface area contributed by atoms with Gasteiger partial charge in [-0.3, -0.25) is 0 Å². The van der Waals surface area contributed by atoms with Crippen LogP contribution in [-0.2, 0) is 6.42 Å². The molecule has 14 heavy (non-hydrogen) atoms.